The summed E-state index contributed by atoms with van der Waals surface area (Å²) in [6.45, 7) is 0. The first-order valence-electron chi connectivity index (χ1n) is 9.47. The zero-order valence-electron chi connectivity index (χ0n) is 15.5. The summed E-state index contributed by atoms with van der Waals surface area (Å²) in [6, 6.07) is 7.80. The Balaban J connectivity index is 1.57. The van der Waals surface area contributed by atoms with Crippen LogP contribution in [0, 0.1) is 0 Å². The lowest BCUT2D eigenvalue weighted by Crippen LogP contribution is -2.30. The highest BCUT2D eigenvalue weighted by atomic mass is 32.2. The second-order valence-electron chi connectivity index (χ2n) is 6.91. The molecule has 0 aromatic carbocycles. The molecule has 3 aromatic heterocycles. The van der Waals surface area contributed by atoms with Gasteiger partial charge in [-0.25, -0.2) is 0 Å². The van der Waals surface area contributed by atoms with Crippen LogP contribution in [-0.4, -0.2) is 32.5 Å². The molecule has 7 heteroatoms. The highest BCUT2D eigenvalue weighted by Gasteiger charge is 2.23. The third kappa shape index (κ3) is 4.04. The first-order valence-corrected chi connectivity index (χ1v) is 11.7. The number of hydrogen-bond donors (Lipinski definition) is 1. The van der Waals surface area contributed by atoms with Crippen LogP contribution in [0.3, 0.4) is 0 Å². The van der Waals surface area contributed by atoms with Crippen LogP contribution in [0.5, 0.6) is 0 Å². The van der Waals surface area contributed by atoms with Crippen molar-refractivity contribution in [3.8, 4) is 0 Å². The maximum atomic E-state index is 13.0. The number of carbonyl (C=O) groups excluding carboxylic acids is 1. The van der Waals surface area contributed by atoms with Gasteiger partial charge in [0.05, 0.1) is 10.9 Å². The third-order valence-corrected chi connectivity index (χ3v) is 6.92. The predicted octanol–water partition coefficient (Wildman–Crippen LogP) is 4.28. The first-order chi connectivity index (χ1) is 13.3. The Morgan fingerprint density at radius 2 is 2.19 bits per heavy atom. The summed E-state index contributed by atoms with van der Waals surface area (Å²) in [5.41, 5.74) is 2.18. The Hall–Kier alpha value is -1.86. The molecule has 1 atom stereocenters. The molecule has 0 saturated heterocycles. The molecule has 0 radical (unpaired) electrons. The molecule has 1 unspecified atom stereocenters. The molecule has 0 bridgehead atoms. The number of hydrogen-bond acceptors (Lipinski definition) is 5. The Bertz CT molecular complexity index is 910. The number of thioether (sulfide) groups is 1. The van der Waals surface area contributed by atoms with E-state index in [1.165, 1.54) is 29.7 Å². The van der Waals surface area contributed by atoms with Crippen molar-refractivity contribution in [1.82, 2.24) is 19.9 Å². The zero-order valence-corrected chi connectivity index (χ0v) is 17.1. The van der Waals surface area contributed by atoms with E-state index >= 15 is 0 Å². The van der Waals surface area contributed by atoms with Gasteiger partial charge in [0.2, 0.25) is 0 Å². The predicted molar refractivity (Wildman–Crippen MR) is 112 cm³/mol. The Morgan fingerprint density at radius 3 is 3.07 bits per heavy atom. The van der Waals surface area contributed by atoms with Gasteiger partial charge in [-0.3, -0.25) is 9.20 Å². The van der Waals surface area contributed by atoms with Crippen molar-refractivity contribution in [2.45, 2.75) is 44.6 Å². The van der Waals surface area contributed by atoms with E-state index in [0.29, 0.717) is 0 Å². The second-order valence-corrected chi connectivity index (χ2v) is 9.04. The van der Waals surface area contributed by atoms with Gasteiger partial charge in [0.1, 0.15) is 0 Å². The minimum Gasteiger partial charge on any atom is -0.341 e. The zero-order chi connectivity index (χ0) is 18.6. The van der Waals surface area contributed by atoms with Crippen LogP contribution >= 0.6 is 23.1 Å². The van der Waals surface area contributed by atoms with Gasteiger partial charge in [0.25, 0.3) is 5.91 Å². The van der Waals surface area contributed by atoms with Crippen molar-refractivity contribution in [3.05, 3.63) is 51.6 Å². The van der Waals surface area contributed by atoms with Crippen LogP contribution in [-0.2, 0) is 12.8 Å². The van der Waals surface area contributed by atoms with Gasteiger partial charge in [-0.05, 0) is 67.9 Å². The maximum Gasteiger partial charge on any atom is 0.261 e. The number of pyridine rings is 1. The third-order valence-electron chi connectivity index (χ3n) is 5.04. The summed E-state index contributed by atoms with van der Waals surface area (Å²) in [5.74, 6) is 1.76. The molecule has 1 N–H and O–H groups in total. The highest BCUT2D eigenvalue weighted by molar-refractivity contribution is 7.98. The minimum atomic E-state index is -0.149. The van der Waals surface area contributed by atoms with Crippen LogP contribution in [0.1, 0.15) is 57.7 Å². The Morgan fingerprint density at radius 1 is 1.30 bits per heavy atom. The number of aromatic nitrogens is 3. The molecule has 1 aliphatic carbocycles. The lowest BCUT2D eigenvalue weighted by molar-refractivity contribution is 0.0938. The fourth-order valence-electron chi connectivity index (χ4n) is 3.61. The molecule has 5 nitrogen and oxygen atoms in total. The molecular formula is C20H24N4OS2. The molecule has 142 valence electrons. The molecular weight excluding hydrogens is 376 g/mol. The van der Waals surface area contributed by atoms with E-state index in [4.69, 9.17) is 0 Å². The smallest absolute Gasteiger partial charge is 0.261 e. The van der Waals surface area contributed by atoms with Crippen molar-refractivity contribution >= 4 is 34.7 Å². The van der Waals surface area contributed by atoms with Gasteiger partial charge >= 0.3 is 0 Å². The van der Waals surface area contributed by atoms with Crippen molar-refractivity contribution in [1.29, 1.82) is 0 Å². The monoisotopic (exact) mass is 400 g/mol. The van der Waals surface area contributed by atoms with E-state index in [9.17, 15) is 4.79 Å². The topological polar surface area (TPSA) is 59.3 Å². The number of carbonyl (C=O) groups is 1. The largest absolute Gasteiger partial charge is 0.341 e. The summed E-state index contributed by atoms with van der Waals surface area (Å²) >= 11 is 3.44. The number of nitrogens with one attached hydrogen (secondary N) is 1. The normalized spacial score (nSPS) is 15.3. The van der Waals surface area contributed by atoms with Gasteiger partial charge in [0, 0.05) is 11.1 Å². The average Bonchev–Trinajstić information content (AvgIpc) is 3.23. The van der Waals surface area contributed by atoms with E-state index in [0.717, 1.165) is 41.4 Å². The summed E-state index contributed by atoms with van der Waals surface area (Å²) in [7, 11) is 0. The van der Waals surface area contributed by atoms with E-state index in [2.05, 4.69) is 27.8 Å². The highest BCUT2D eigenvalue weighted by Crippen LogP contribution is 2.29. The van der Waals surface area contributed by atoms with Gasteiger partial charge in [-0.1, -0.05) is 12.5 Å². The molecule has 3 heterocycles. The summed E-state index contributed by atoms with van der Waals surface area (Å²) in [5, 5.41) is 11.8. The van der Waals surface area contributed by atoms with E-state index in [1.54, 1.807) is 23.1 Å². The Kier molecular flexibility index (Phi) is 5.78. The molecule has 1 aliphatic rings. The number of nitrogens with zero attached hydrogens (tertiary/aromatic N) is 3. The fourth-order valence-corrected chi connectivity index (χ4v) is 5.24. The van der Waals surface area contributed by atoms with Crippen molar-refractivity contribution in [2.75, 3.05) is 12.0 Å². The molecule has 0 aliphatic heterocycles. The molecule has 4 rings (SSSR count). The van der Waals surface area contributed by atoms with Gasteiger partial charge < -0.3 is 5.32 Å². The first kappa shape index (κ1) is 18.5. The molecule has 3 aromatic rings. The minimum absolute atomic E-state index is 0.00635. The van der Waals surface area contributed by atoms with Crippen LogP contribution in [0.2, 0.25) is 0 Å². The number of amides is 1. The SMILES string of the molecule is CSCCC(NC(=O)c1cc2c(s1)CCCCC2)c1nnc2ccccn12. The summed E-state index contributed by atoms with van der Waals surface area (Å²) in [6.07, 6.45) is 10.8. The summed E-state index contributed by atoms with van der Waals surface area (Å²) in [4.78, 5) is 15.2. The van der Waals surface area contributed by atoms with E-state index in [-0.39, 0.29) is 11.9 Å². The number of thiophene rings is 1. The van der Waals surface area contributed by atoms with Crippen molar-refractivity contribution < 1.29 is 4.79 Å². The van der Waals surface area contributed by atoms with Gasteiger partial charge in [0.15, 0.2) is 11.5 Å². The second kappa shape index (κ2) is 8.44. The van der Waals surface area contributed by atoms with E-state index in [1.807, 2.05) is 28.8 Å². The van der Waals surface area contributed by atoms with Crippen molar-refractivity contribution in [3.63, 3.8) is 0 Å². The average molecular weight is 401 g/mol. The van der Waals surface area contributed by atoms with Gasteiger partial charge in [-0.15, -0.1) is 21.5 Å². The standard InChI is InChI=1S/C20H24N4OS2/c1-26-12-10-15(19-23-22-18-9-5-6-11-24(18)19)21-20(25)17-13-14-7-3-2-4-8-16(14)27-17/h5-6,9,11,13,15H,2-4,7-8,10,12H2,1H3,(H,21,25). The fraction of sp³-hybridized carbons (Fsp3) is 0.450. The van der Waals surface area contributed by atoms with Gasteiger partial charge in [-0.2, -0.15) is 11.8 Å². The Labute approximate surface area is 167 Å². The number of rotatable bonds is 6. The molecule has 0 saturated carbocycles. The van der Waals surface area contributed by atoms with Crippen LogP contribution in [0.4, 0.5) is 0 Å². The molecule has 0 spiro atoms. The van der Waals surface area contributed by atoms with E-state index < -0.39 is 0 Å². The lowest BCUT2D eigenvalue weighted by Gasteiger charge is -2.16. The quantitative estimate of drug-likeness (QED) is 0.627. The lowest BCUT2D eigenvalue weighted by atomic mass is 10.1. The maximum absolute atomic E-state index is 13.0. The van der Waals surface area contributed by atoms with Crippen LogP contribution in [0.15, 0.2) is 30.5 Å². The van der Waals surface area contributed by atoms with Crippen molar-refractivity contribution in [2.24, 2.45) is 0 Å². The van der Waals surface area contributed by atoms with Crippen LogP contribution in [0.25, 0.3) is 5.65 Å². The number of fused-ring (bicyclic) bond motifs is 2. The molecule has 27 heavy (non-hydrogen) atoms. The summed E-state index contributed by atoms with van der Waals surface area (Å²) < 4.78 is 1.97. The molecule has 1 amide bonds. The van der Waals surface area contributed by atoms with Crippen LogP contribution < -0.4 is 5.32 Å². The molecule has 0 fully saturated rings. The number of aryl methyl sites for hydroxylation is 2.